The molecule has 2 rings (SSSR count). The zero-order valence-corrected chi connectivity index (χ0v) is 16.4. The molecule has 1 aromatic carbocycles. The number of hydrogen-bond donors (Lipinski definition) is 0. The average molecular weight is 368 g/mol. The summed E-state index contributed by atoms with van der Waals surface area (Å²) in [6.07, 6.45) is 4.05. The average Bonchev–Trinajstić information content (AvgIpc) is 2.85. The Hall–Kier alpha value is -0.980. The van der Waals surface area contributed by atoms with E-state index in [1.807, 2.05) is 12.1 Å². The van der Waals surface area contributed by atoms with E-state index in [0.717, 1.165) is 18.1 Å². The number of rotatable bonds is 4. The third-order valence-electron chi connectivity index (χ3n) is 3.10. The Morgan fingerprint density at radius 3 is 2.74 bits per heavy atom. The molecule has 1 nitrogen and oxygen atoms in total. The predicted molar refractivity (Wildman–Crippen MR) is 107 cm³/mol. The van der Waals surface area contributed by atoms with Crippen LogP contribution in [0.25, 0.3) is 10.1 Å². The monoisotopic (exact) mass is 367 g/mol. The lowest BCUT2D eigenvalue weighted by molar-refractivity contribution is 0.365. The molecule has 0 bridgehead atoms. The van der Waals surface area contributed by atoms with Crippen LogP contribution in [0.2, 0.25) is 5.02 Å². The third kappa shape index (κ3) is 6.57. The first kappa shape index (κ1) is 20.1. The molecular formula is C19H23Cl2NS. The van der Waals surface area contributed by atoms with Crippen molar-refractivity contribution in [2.24, 2.45) is 5.41 Å². The summed E-state index contributed by atoms with van der Waals surface area (Å²) in [5.41, 5.74) is 1.34. The van der Waals surface area contributed by atoms with E-state index in [1.165, 1.54) is 15.6 Å². The maximum Gasteiger partial charge on any atom is 0.0416 e. The topological polar surface area (TPSA) is 3.24 Å². The van der Waals surface area contributed by atoms with E-state index in [2.05, 4.69) is 68.1 Å². The highest BCUT2D eigenvalue weighted by molar-refractivity contribution is 7.17. The van der Waals surface area contributed by atoms with Crippen LogP contribution < -0.4 is 0 Å². The number of halogens is 2. The lowest BCUT2D eigenvalue weighted by Crippen LogP contribution is -2.17. The van der Waals surface area contributed by atoms with Crippen LogP contribution in [-0.4, -0.2) is 18.5 Å². The van der Waals surface area contributed by atoms with Crippen molar-refractivity contribution in [3.8, 4) is 11.8 Å². The Balaban J connectivity index is 0.00000264. The summed E-state index contributed by atoms with van der Waals surface area (Å²) >= 11 is 7.98. The highest BCUT2D eigenvalue weighted by atomic mass is 35.5. The molecule has 124 valence electrons. The van der Waals surface area contributed by atoms with Crippen molar-refractivity contribution in [3.63, 3.8) is 0 Å². The van der Waals surface area contributed by atoms with Crippen LogP contribution in [0.4, 0.5) is 0 Å². The van der Waals surface area contributed by atoms with E-state index in [4.69, 9.17) is 11.6 Å². The summed E-state index contributed by atoms with van der Waals surface area (Å²) in [7, 11) is 2.11. The standard InChI is InChI=1S/C19H22ClNS.ClH/c1-19(2,3)9-6-5-7-10-21(4)14-16-13-17(20)12-15-8-11-22-18(15)16;/h5,7-8,11-13H,10,14H2,1-4H3;1H/b7-5+;. The first-order valence-electron chi connectivity index (χ1n) is 7.37. The molecule has 0 aliphatic carbocycles. The molecule has 2 aromatic rings. The van der Waals surface area contributed by atoms with Gasteiger partial charge in [0.25, 0.3) is 0 Å². The Morgan fingerprint density at radius 1 is 1.30 bits per heavy atom. The van der Waals surface area contributed by atoms with Crippen molar-refractivity contribution in [1.29, 1.82) is 0 Å². The fourth-order valence-electron chi connectivity index (χ4n) is 2.14. The zero-order valence-electron chi connectivity index (χ0n) is 14.0. The van der Waals surface area contributed by atoms with Gasteiger partial charge in [-0.1, -0.05) is 29.5 Å². The Morgan fingerprint density at radius 2 is 2.04 bits per heavy atom. The summed E-state index contributed by atoms with van der Waals surface area (Å²) in [5, 5.41) is 4.15. The minimum absolute atomic E-state index is 0. The molecule has 0 atom stereocenters. The second-order valence-corrected chi connectivity index (χ2v) is 7.87. The van der Waals surface area contributed by atoms with Gasteiger partial charge in [-0.2, -0.15) is 0 Å². The summed E-state index contributed by atoms with van der Waals surface area (Å²) in [5.74, 6) is 6.31. The van der Waals surface area contributed by atoms with Gasteiger partial charge in [0.2, 0.25) is 0 Å². The summed E-state index contributed by atoms with van der Waals surface area (Å²) in [6.45, 7) is 8.11. The summed E-state index contributed by atoms with van der Waals surface area (Å²) < 4.78 is 1.33. The molecule has 0 radical (unpaired) electrons. The Labute approximate surface area is 154 Å². The maximum absolute atomic E-state index is 6.21. The molecule has 0 amide bonds. The molecule has 23 heavy (non-hydrogen) atoms. The van der Waals surface area contributed by atoms with Crippen LogP contribution in [0.5, 0.6) is 0 Å². The lowest BCUT2D eigenvalue weighted by atomic mass is 9.98. The van der Waals surface area contributed by atoms with Crippen molar-refractivity contribution >= 4 is 45.4 Å². The van der Waals surface area contributed by atoms with E-state index in [1.54, 1.807) is 11.3 Å². The molecule has 0 fully saturated rings. The number of thiophene rings is 1. The molecule has 0 saturated heterocycles. The van der Waals surface area contributed by atoms with Crippen LogP contribution in [0.1, 0.15) is 26.3 Å². The number of likely N-dealkylation sites (N-methyl/N-ethyl adjacent to an activating group) is 1. The van der Waals surface area contributed by atoms with Gasteiger partial charge < -0.3 is 0 Å². The first-order chi connectivity index (χ1) is 10.3. The Kier molecular flexibility index (Phi) is 7.64. The van der Waals surface area contributed by atoms with Crippen molar-refractivity contribution in [2.45, 2.75) is 27.3 Å². The van der Waals surface area contributed by atoms with E-state index < -0.39 is 0 Å². The number of fused-ring (bicyclic) bond motifs is 1. The van der Waals surface area contributed by atoms with Crippen molar-refractivity contribution in [2.75, 3.05) is 13.6 Å². The van der Waals surface area contributed by atoms with Gasteiger partial charge in [0.05, 0.1) is 0 Å². The fraction of sp³-hybridized carbons (Fsp3) is 0.368. The van der Waals surface area contributed by atoms with Crippen LogP contribution in [0.15, 0.2) is 35.7 Å². The van der Waals surface area contributed by atoms with Crippen LogP contribution in [0, 0.1) is 17.3 Å². The lowest BCUT2D eigenvalue weighted by Gasteiger charge is -2.15. The SMILES string of the molecule is CN(C/C=C/C#CC(C)(C)C)Cc1cc(Cl)cc2ccsc12.Cl. The van der Waals surface area contributed by atoms with Crippen molar-refractivity contribution < 1.29 is 0 Å². The quantitative estimate of drug-likeness (QED) is 0.597. The Bertz CT molecular complexity index is 729. The molecule has 1 heterocycles. The van der Waals surface area contributed by atoms with Crippen molar-refractivity contribution in [3.05, 3.63) is 46.3 Å². The molecular weight excluding hydrogens is 345 g/mol. The van der Waals surface area contributed by atoms with E-state index >= 15 is 0 Å². The molecule has 0 N–H and O–H groups in total. The van der Waals surface area contributed by atoms with Crippen LogP contribution in [-0.2, 0) is 6.54 Å². The second-order valence-electron chi connectivity index (χ2n) is 6.52. The van der Waals surface area contributed by atoms with E-state index in [-0.39, 0.29) is 17.8 Å². The molecule has 0 aliphatic heterocycles. The van der Waals surface area contributed by atoms with E-state index in [0.29, 0.717) is 0 Å². The minimum atomic E-state index is 0. The van der Waals surface area contributed by atoms with Gasteiger partial charge in [0.15, 0.2) is 0 Å². The number of hydrogen-bond acceptors (Lipinski definition) is 2. The molecule has 0 spiro atoms. The zero-order chi connectivity index (χ0) is 16.2. The fourth-order valence-corrected chi connectivity index (χ4v) is 3.28. The largest absolute Gasteiger partial charge is 0.298 e. The number of benzene rings is 1. The van der Waals surface area contributed by atoms with Gasteiger partial charge in [-0.15, -0.1) is 23.7 Å². The minimum Gasteiger partial charge on any atom is -0.298 e. The van der Waals surface area contributed by atoms with Crippen molar-refractivity contribution in [1.82, 2.24) is 4.90 Å². The molecule has 0 unspecified atom stereocenters. The predicted octanol–water partition coefficient (Wildman–Crippen LogP) is 6.01. The van der Waals surface area contributed by atoms with Gasteiger partial charge >= 0.3 is 0 Å². The normalized spacial score (nSPS) is 11.6. The second kappa shape index (κ2) is 8.76. The summed E-state index contributed by atoms with van der Waals surface area (Å²) in [6, 6.07) is 6.22. The number of allylic oxidation sites excluding steroid dienone is 1. The van der Waals surface area contributed by atoms with Crippen LogP contribution in [0.3, 0.4) is 0 Å². The van der Waals surface area contributed by atoms with Gasteiger partial charge in [-0.25, -0.2) is 0 Å². The maximum atomic E-state index is 6.21. The van der Waals surface area contributed by atoms with Crippen LogP contribution >= 0.6 is 35.3 Å². The molecule has 1 aromatic heterocycles. The number of nitrogens with zero attached hydrogens (tertiary/aromatic N) is 1. The van der Waals surface area contributed by atoms with Gasteiger partial charge in [0, 0.05) is 28.2 Å². The summed E-state index contributed by atoms with van der Waals surface area (Å²) in [4.78, 5) is 2.26. The van der Waals surface area contributed by atoms with E-state index in [9.17, 15) is 0 Å². The molecule has 0 saturated carbocycles. The van der Waals surface area contributed by atoms with Gasteiger partial charge in [-0.05, 0) is 68.4 Å². The van der Waals surface area contributed by atoms with Gasteiger partial charge in [0.1, 0.15) is 0 Å². The first-order valence-corrected chi connectivity index (χ1v) is 8.63. The van der Waals surface area contributed by atoms with Gasteiger partial charge in [-0.3, -0.25) is 4.90 Å². The highest BCUT2D eigenvalue weighted by Crippen LogP contribution is 2.29. The highest BCUT2D eigenvalue weighted by Gasteiger charge is 2.07. The molecule has 4 heteroatoms. The molecule has 0 aliphatic rings. The smallest absolute Gasteiger partial charge is 0.0416 e. The third-order valence-corrected chi connectivity index (χ3v) is 4.32.